The van der Waals surface area contributed by atoms with Gasteiger partial charge in [-0.1, -0.05) is 60.7 Å². The van der Waals surface area contributed by atoms with Gasteiger partial charge in [-0.15, -0.1) is 0 Å². The van der Waals surface area contributed by atoms with Gasteiger partial charge in [-0.25, -0.2) is 9.18 Å². The van der Waals surface area contributed by atoms with Gasteiger partial charge in [0, 0.05) is 35.2 Å². The van der Waals surface area contributed by atoms with Crippen LogP contribution in [0, 0.1) is 5.82 Å². The normalized spacial score (nSPS) is 14.3. The number of nitrogens with zero attached hydrogens (tertiary/aromatic N) is 2. The fourth-order valence-corrected chi connectivity index (χ4v) is 4.64. The predicted octanol–water partition coefficient (Wildman–Crippen LogP) is 7.35. The minimum atomic E-state index is -0.508. The zero-order valence-corrected chi connectivity index (χ0v) is 19.2. The van der Waals surface area contributed by atoms with E-state index in [4.69, 9.17) is 23.2 Å². The summed E-state index contributed by atoms with van der Waals surface area (Å²) in [4.78, 5) is 15.2. The second kappa shape index (κ2) is 10.4. The summed E-state index contributed by atoms with van der Waals surface area (Å²) in [5.41, 5.74) is 2.54. The Balaban J connectivity index is 1.55. The summed E-state index contributed by atoms with van der Waals surface area (Å²) in [7, 11) is 0. The van der Waals surface area contributed by atoms with Crippen molar-refractivity contribution in [2.75, 3.05) is 5.32 Å². The molecule has 32 heavy (non-hydrogen) atoms. The van der Waals surface area contributed by atoms with Crippen LogP contribution >= 0.6 is 23.2 Å². The molecule has 1 aliphatic rings. The lowest BCUT2D eigenvalue weighted by Gasteiger charge is -2.34. The van der Waals surface area contributed by atoms with Crippen LogP contribution in [0.5, 0.6) is 0 Å². The number of anilines is 1. The van der Waals surface area contributed by atoms with Crippen molar-refractivity contribution in [3.63, 3.8) is 0 Å². The topological polar surface area (TPSA) is 37.3 Å². The van der Waals surface area contributed by atoms with Crippen molar-refractivity contribution >= 4 is 34.9 Å². The monoisotopic (exact) mass is 473 g/mol. The molecule has 3 aromatic rings. The predicted molar refractivity (Wildman–Crippen MR) is 128 cm³/mol. The van der Waals surface area contributed by atoms with Crippen LogP contribution in [-0.4, -0.2) is 21.5 Å². The molecule has 0 spiro atoms. The molecule has 1 aliphatic carbocycles. The van der Waals surface area contributed by atoms with Crippen LogP contribution in [-0.2, 0) is 13.1 Å². The van der Waals surface area contributed by atoms with Crippen LogP contribution in [0.25, 0.3) is 0 Å². The fraction of sp³-hybridized carbons (Fsp3) is 0.320. The lowest BCUT2D eigenvalue weighted by atomic mass is 9.94. The van der Waals surface area contributed by atoms with Gasteiger partial charge >= 0.3 is 6.03 Å². The Morgan fingerprint density at radius 1 is 1.03 bits per heavy atom. The first-order chi connectivity index (χ1) is 15.5. The van der Waals surface area contributed by atoms with Gasteiger partial charge in [0.15, 0.2) is 0 Å². The largest absolute Gasteiger partial charge is 0.345 e. The minimum Gasteiger partial charge on any atom is -0.345 e. The van der Waals surface area contributed by atoms with E-state index < -0.39 is 5.82 Å². The van der Waals surface area contributed by atoms with Crippen LogP contribution in [0.15, 0.2) is 60.8 Å². The number of hydrogen-bond donors (Lipinski definition) is 1. The molecular formula is C25H26Cl2FN3O. The molecule has 0 unspecified atom stereocenters. The molecule has 0 bridgehead atoms. The molecule has 7 heteroatoms. The first kappa shape index (κ1) is 22.7. The number of rotatable bonds is 6. The average Bonchev–Trinajstić information content (AvgIpc) is 3.23. The highest BCUT2D eigenvalue weighted by molar-refractivity contribution is 6.31. The number of carbonyl (C=O) groups is 1. The molecule has 1 aromatic heterocycles. The molecule has 2 aromatic carbocycles. The van der Waals surface area contributed by atoms with Crippen molar-refractivity contribution in [3.05, 3.63) is 87.9 Å². The molecule has 1 heterocycles. The highest BCUT2D eigenvalue weighted by Crippen LogP contribution is 2.27. The molecule has 4 nitrogen and oxygen atoms in total. The number of amides is 2. The highest BCUT2D eigenvalue weighted by atomic mass is 35.5. The van der Waals surface area contributed by atoms with Crippen molar-refractivity contribution in [2.45, 2.75) is 51.2 Å². The molecular weight excluding hydrogens is 448 g/mol. The summed E-state index contributed by atoms with van der Waals surface area (Å²) in [5.74, 6) is -0.508. The maximum absolute atomic E-state index is 13.5. The smallest absolute Gasteiger partial charge is 0.322 e. The summed E-state index contributed by atoms with van der Waals surface area (Å²) in [6, 6.07) is 16.0. The molecule has 4 rings (SSSR count). The zero-order valence-electron chi connectivity index (χ0n) is 17.7. The number of aromatic nitrogens is 1. The molecule has 1 saturated carbocycles. The lowest BCUT2D eigenvalue weighted by Crippen LogP contribution is -2.43. The lowest BCUT2D eigenvalue weighted by molar-refractivity contribution is 0.161. The molecule has 1 N–H and O–H groups in total. The van der Waals surface area contributed by atoms with Gasteiger partial charge in [-0.3, -0.25) is 0 Å². The van der Waals surface area contributed by atoms with Gasteiger partial charge in [0.05, 0.1) is 11.6 Å². The van der Waals surface area contributed by atoms with Gasteiger partial charge in [-0.05, 0) is 54.8 Å². The third kappa shape index (κ3) is 5.45. The quantitative estimate of drug-likeness (QED) is 0.399. The Kier molecular flexibility index (Phi) is 7.38. The number of benzene rings is 2. The summed E-state index contributed by atoms with van der Waals surface area (Å²) in [5, 5.41) is 3.61. The average molecular weight is 474 g/mol. The van der Waals surface area contributed by atoms with E-state index in [-0.39, 0.29) is 17.1 Å². The molecule has 0 radical (unpaired) electrons. The zero-order chi connectivity index (χ0) is 22.5. The Bertz CT molecular complexity index is 1080. The van der Waals surface area contributed by atoms with Crippen LogP contribution in [0.4, 0.5) is 14.9 Å². The van der Waals surface area contributed by atoms with E-state index in [0.29, 0.717) is 18.8 Å². The van der Waals surface area contributed by atoms with Crippen LogP contribution in [0.2, 0.25) is 10.0 Å². The van der Waals surface area contributed by atoms with Crippen molar-refractivity contribution in [3.8, 4) is 0 Å². The minimum absolute atomic E-state index is 0.0133. The van der Waals surface area contributed by atoms with Gasteiger partial charge in [-0.2, -0.15) is 0 Å². The first-order valence-corrected chi connectivity index (χ1v) is 11.7. The van der Waals surface area contributed by atoms with Crippen molar-refractivity contribution in [1.82, 2.24) is 9.47 Å². The number of hydrogen-bond acceptors (Lipinski definition) is 1. The van der Waals surface area contributed by atoms with E-state index in [1.807, 2.05) is 47.5 Å². The summed E-state index contributed by atoms with van der Waals surface area (Å²) >= 11 is 12.3. The van der Waals surface area contributed by atoms with Gasteiger partial charge in [0.2, 0.25) is 0 Å². The molecule has 0 saturated heterocycles. The van der Waals surface area contributed by atoms with Crippen LogP contribution < -0.4 is 5.32 Å². The Hall–Kier alpha value is -2.50. The second-order valence-corrected chi connectivity index (χ2v) is 9.01. The van der Waals surface area contributed by atoms with E-state index in [0.717, 1.165) is 42.0 Å². The summed E-state index contributed by atoms with van der Waals surface area (Å²) < 4.78 is 15.6. The molecule has 168 valence electrons. The number of urea groups is 1. The maximum atomic E-state index is 13.5. The standard InChI is InChI=1S/C25H26Cl2FN3O/c26-22-11-5-4-7-18(22)16-30-14-6-10-21(30)17-31(20-8-2-1-3-9-20)25(32)29-19-12-13-24(28)23(27)15-19/h4-7,10-15,20H,1-3,8-9,16-17H2,(H,29,32). The van der Waals surface area contributed by atoms with E-state index in [2.05, 4.69) is 9.88 Å². The van der Waals surface area contributed by atoms with Crippen LogP contribution in [0.1, 0.15) is 43.4 Å². The molecule has 1 fully saturated rings. The summed E-state index contributed by atoms with van der Waals surface area (Å²) in [6.45, 7) is 1.11. The van der Waals surface area contributed by atoms with Crippen molar-refractivity contribution in [1.29, 1.82) is 0 Å². The van der Waals surface area contributed by atoms with Gasteiger partial charge in [0.1, 0.15) is 5.82 Å². The Labute approximate surface area is 197 Å². The summed E-state index contributed by atoms with van der Waals surface area (Å²) in [6.07, 6.45) is 7.37. The Morgan fingerprint density at radius 3 is 2.56 bits per heavy atom. The number of carbonyl (C=O) groups excluding carboxylic acids is 1. The fourth-order valence-electron chi connectivity index (χ4n) is 4.26. The third-order valence-corrected chi connectivity index (χ3v) is 6.66. The third-order valence-electron chi connectivity index (χ3n) is 6.00. The van der Waals surface area contributed by atoms with E-state index >= 15 is 0 Å². The maximum Gasteiger partial charge on any atom is 0.322 e. The Morgan fingerprint density at radius 2 is 1.81 bits per heavy atom. The molecule has 0 atom stereocenters. The SMILES string of the molecule is O=C(Nc1ccc(F)c(Cl)c1)N(Cc1cccn1Cc1ccccc1Cl)C1CCCCC1. The van der Waals surface area contributed by atoms with Crippen molar-refractivity contribution in [2.24, 2.45) is 0 Å². The van der Waals surface area contributed by atoms with Gasteiger partial charge < -0.3 is 14.8 Å². The van der Waals surface area contributed by atoms with Crippen molar-refractivity contribution < 1.29 is 9.18 Å². The number of nitrogens with one attached hydrogen (secondary N) is 1. The number of halogens is 3. The van der Waals surface area contributed by atoms with Gasteiger partial charge in [0.25, 0.3) is 0 Å². The molecule has 2 amide bonds. The van der Waals surface area contributed by atoms with Crippen LogP contribution in [0.3, 0.4) is 0 Å². The molecule has 0 aliphatic heterocycles. The highest BCUT2D eigenvalue weighted by Gasteiger charge is 2.26. The second-order valence-electron chi connectivity index (χ2n) is 8.20. The van der Waals surface area contributed by atoms with E-state index in [1.165, 1.54) is 24.6 Å². The van der Waals surface area contributed by atoms with E-state index in [1.54, 1.807) is 0 Å². The van der Waals surface area contributed by atoms with E-state index in [9.17, 15) is 9.18 Å². The first-order valence-electron chi connectivity index (χ1n) is 10.9.